The molecule has 0 saturated carbocycles. The van der Waals surface area contributed by atoms with Crippen LogP contribution in [-0.4, -0.2) is 61.8 Å². The zero-order chi connectivity index (χ0) is 22.1. The highest BCUT2D eigenvalue weighted by Crippen LogP contribution is 2.21. The Hall–Kier alpha value is -3.55. The van der Waals surface area contributed by atoms with Gasteiger partial charge in [0.05, 0.1) is 30.5 Å². The summed E-state index contributed by atoms with van der Waals surface area (Å²) in [6.07, 6.45) is 3.66. The van der Waals surface area contributed by atoms with Crippen molar-refractivity contribution in [3.8, 4) is 6.07 Å². The molecule has 0 radical (unpaired) electrons. The standard InChI is InChI=1S/C21H24N6O4/c1-30-9-7-23-18-10-19(24-12-15(18)11-22)26-21(29)27(13-17-5-3-8-31-17)20-6-2-4-16(14-28)25-20/h2,4,6,10,12,14,17H,3,5,7-9,13H2,1H3,(H2,23,24,26,29). The van der Waals surface area contributed by atoms with Crippen molar-refractivity contribution in [2.45, 2.75) is 18.9 Å². The predicted molar refractivity (Wildman–Crippen MR) is 114 cm³/mol. The Balaban J connectivity index is 1.81. The van der Waals surface area contributed by atoms with Crippen LogP contribution in [0.4, 0.5) is 22.1 Å². The van der Waals surface area contributed by atoms with Crippen LogP contribution in [0.2, 0.25) is 0 Å². The van der Waals surface area contributed by atoms with Gasteiger partial charge in [0, 0.05) is 32.5 Å². The SMILES string of the molecule is COCCNc1cc(NC(=O)N(CC2CCCO2)c2cccc(C=O)n2)ncc1C#N. The number of nitriles is 1. The average Bonchev–Trinajstić information content (AvgIpc) is 3.31. The van der Waals surface area contributed by atoms with Crippen molar-refractivity contribution >= 4 is 29.6 Å². The second-order valence-corrected chi connectivity index (χ2v) is 6.86. The molecule has 1 aliphatic rings. The number of nitrogens with one attached hydrogen (secondary N) is 2. The minimum absolute atomic E-state index is 0.118. The average molecular weight is 424 g/mol. The van der Waals surface area contributed by atoms with E-state index in [0.29, 0.717) is 43.1 Å². The first-order valence-corrected chi connectivity index (χ1v) is 9.90. The fourth-order valence-corrected chi connectivity index (χ4v) is 3.15. The first kappa shape index (κ1) is 22.1. The maximum absolute atomic E-state index is 13.1. The molecule has 10 heteroatoms. The van der Waals surface area contributed by atoms with Gasteiger partial charge in [-0.3, -0.25) is 15.0 Å². The summed E-state index contributed by atoms with van der Waals surface area (Å²) in [5, 5.41) is 15.1. The molecule has 0 aliphatic carbocycles. The second-order valence-electron chi connectivity index (χ2n) is 6.86. The number of carbonyl (C=O) groups excluding carboxylic acids is 2. The molecule has 1 fully saturated rings. The molecule has 1 saturated heterocycles. The normalized spacial score (nSPS) is 15.2. The molecule has 1 aliphatic heterocycles. The number of pyridine rings is 2. The van der Waals surface area contributed by atoms with Crippen molar-refractivity contribution in [3.63, 3.8) is 0 Å². The van der Waals surface area contributed by atoms with Crippen LogP contribution >= 0.6 is 0 Å². The third kappa shape index (κ3) is 5.97. The number of urea groups is 1. The predicted octanol–water partition coefficient (Wildman–Crippen LogP) is 2.44. The summed E-state index contributed by atoms with van der Waals surface area (Å²) in [7, 11) is 1.58. The molecular formula is C21H24N6O4. The first-order valence-electron chi connectivity index (χ1n) is 9.90. The van der Waals surface area contributed by atoms with Gasteiger partial charge in [0.1, 0.15) is 23.4 Å². The van der Waals surface area contributed by atoms with Gasteiger partial charge in [0.25, 0.3) is 0 Å². The lowest BCUT2D eigenvalue weighted by atomic mass is 10.2. The fourth-order valence-electron chi connectivity index (χ4n) is 3.15. The zero-order valence-electron chi connectivity index (χ0n) is 17.2. The molecule has 0 aromatic carbocycles. The largest absolute Gasteiger partial charge is 0.383 e. The number of rotatable bonds is 9. The van der Waals surface area contributed by atoms with Gasteiger partial charge < -0.3 is 14.8 Å². The molecule has 3 heterocycles. The number of methoxy groups -OCH3 is 1. The first-order chi connectivity index (χ1) is 15.1. The summed E-state index contributed by atoms with van der Waals surface area (Å²) in [5.41, 5.74) is 1.12. The van der Waals surface area contributed by atoms with Crippen molar-refractivity contribution in [1.29, 1.82) is 5.26 Å². The molecule has 2 amide bonds. The minimum Gasteiger partial charge on any atom is -0.383 e. The summed E-state index contributed by atoms with van der Waals surface area (Å²) >= 11 is 0. The van der Waals surface area contributed by atoms with Gasteiger partial charge in [-0.15, -0.1) is 0 Å². The minimum atomic E-state index is -0.467. The highest BCUT2D eigenvalue weighted by atomic mass is 16.5. The van der Waals surface area contributed by atoms with E-state index in [1.807, 2.05) is 0 Å². The summed E-state index contributed by atoms with van der Waals surface area (Å²) in [6, 6.07) is 8.08. The lowest BCUT2D eigenvalue weighted by Crippen LogP contribution is -2.41. The quantitative estimate of drug-likeness (QED) is 0.464. The number of ether oxygens (including phenoxy) is 2. The molecular weight excluding hydrogens is 400 g/mol. The molecule has 10 nitrogen and oxygen atoms in total. The van der Waals surface area contributed by atoms with E-state index < -0.39 is 6.03 Å². The maximum atomic E-state index is 13.1. The molecule has 2 aromatic heterocycles. The van der Waals surface area contributed by atoms with Crippen LogP contribution < -0.4 is 15.5 Å². The number of aromatic nitrogens is 2. The fraction of sp³-hybridized carbons (Fsp3) is 0.381. The summed E-state index contributed by atoms with van der Waals surface area (Å²) in [4.78, 5) is 34.1. The molecule has 1 unspecified atom stereocenters. The monoisotopic (exact) mass is 424 g/mol. The van der Waals surface area contributed by atoms with Crippen LogP contribution in [0.1, 0.15) is 28.9 Å². The van der Waals surface area contributed by atoms with Gasteiger partial charge >= 0.3 is 6.03 Å². The van der Waals surface area contributed by atoms with Crippen LogP contribution in [0.15, 0.2) is 30.5 Å². The molecule has 2 N–H and O–H groups in total. The van der Waals surface area contributed by atoms with Crippen molar-refractivity contribution in [2.75, 3.05) is 48.9 Å². The Morgan fingerprint density at radius 1 is 1.48 bits per heavy atom. The summed E-state index contributed by atoms with van der Waals surface area (Å²) in [6.45, 7) is 1.89. The lowest BCUT2D eigenvalue weighted by molar-refractivity contribution is 0.111. The zero-order valence-corrected chi connectivity index (χ0v) is 17.2. The van der Waals surface area contributed by atoms with E-state index in [0.717, 1.165) is 12.8 Å². The Bertz CT molecular complexity index is 955. The van der Waals surface area contributed by atoms with E-state index in [1.54, 1.807) is 31.4 Å². The van der Waals surface area contributed by atoms with Gasteiger partial charge in [0.15, 0.2) is 6.29 Å². The summed E-state index contributed by atoms with van der Waals surface area (Å²) < 4.78 is 10.7. The number of hydrogen-bond donors (Lipinski definition) is 2. The molecule has 0 bridgehead atoms. The van der Waals surface area contributed by atoms with Crippen molar-refractivity contribution in [2.24, 2.45) is 0 Å². The van der Waals surface area contributed by atoms with Crippen LogP contribution in [-0.2, 0) is 9.47 Å². The smallest absolute Gasteiger partial charge is 0.328 e. The van der Waals surface area contributed by atoms with E-state index in [2.05, 4.69) is 26.7 Å². The molecule has 31 heavy (non-hydrogen) atoms. The van der Waals surface area contributed by atoms with Crippen LogP contribution in [0.5, 0.6) is 0 Å². The number of anilines is 3. The van der Waals surface area contributed by atoms with Crippen LogP contribution in [0, 0.1) is 11.3 Å². The third-order valence-electron chi connectivity index (χ3n) is 4.69. The Morgan fingerprint density at radius 2 is 2.35 bits per heavy atom. The number of nitrogens with zero attached hydrogens (tertiary/aromatic N) is 4. The second kappa shape index (κ2) is 11.0. The van der Waals surface area contributed by atoms with E-state index in [9.17, 15) is 14.9 Å². The molecule has 2 aromatic rings. The number of aldehydes is 1. The highest BCUT2D eigenvalue weighted by molar-refractivity contribution is 6.01. The number of amides is 2. The Labute approximate surface area is 180 Å². The van der Waals surface area contributed by atoms with E-state index in [-0.39, 0.29) is 24.2 Å². The van der Waals surface area contributed by atoms with Crippen molar-refractivity contribution in [1.82, 2.24) is 9.97 Å². The number of carbonyl (C=O) groups is 2. The van der Waals surface area contributed by atoms with Crippen LogP contribution in [0.25, 0.3) is 0 Å². The van der Waals surface area contributed by atoms with Gasteiger partial charge in [0.2, 0.25) is 0 Å². The summed E-state index contributed by atoms with van der Waals surface area (Å²) in [5.74, 6) is 0.609. The van der Waals surface area contributed by atoms with E-state index >= 15 is 0 Å². The Kier molecular flexibility index (Phi) is 7.86. The number of hydrogen-bond acceptors (Lipinski definition) is 8. The lowest BCUT2D eigenvalue weighted by Gasteiger charge is -2.25. The van der Waals surface area contributed by atoms with Crippen LogP contribution in [0.3, 0.4) is 0 Å². The highest BCUT2D eigenvalue weighted by Gasteiger charge is 2.25. The topological polar surface area (TPSA) is 129 Å². The molecule has 1 atom stereocenters. The van der Waals surface area contributed by atoms with Crippen molar-refractivity contribution < 1.29 is 19.1 Å². The van der Waals surface area contributed by atoms with Gasteiger partial charge in [-0.25, -0.2) is 14.8 Å². The maximum Gasteiger partial charge on any atom is 0.328 e. The molecule has 0 spiro atoms. The van der Waals surface area contributed by atoms with E-state index in [1.165, 1.54) is 11.1 Å². The van der Waals surface area contributed by atoms with Crippen molar-refractivity contribution in [3.05, 3.63) is 41.7 Å². The third-order valence-corrected chi connectivity index (χ3v) is 4.69. The molecule has 162 valence electrons. The van der Waals surface area contributed by atoms with Gasteiger partial charge in [-0.2, -0.15) is 5.26 Å². The molecule has 3 rings (SSSR count). The van der Waals surface area contributed by atoms with Gasteiger partial charge in [-0.1, -0.05) is 6.07 Å². The van der Waals surface area contributed by atoms with E-state index in [4.69, 9.17) is 9.47 Å². The Morgan fingerprint density at radius 3 is 3.06 bits per heavy atom. The van der Waals surface area contributed by atoms with Gasteiger partial charge in [-0.05, 0) is 25.0 Å².